The van der Waals surface area contributed by atoms with Gasteiger partial charge in [0.2, 0.25) is 0 Å². The van der Waals surface area contributed by atoms with Gasteiger partial charge in [-0.3, -0.25) is 4.79 Å². The Balaban J connectivity index is 2.14. The molecule has 1 aromatic carbocycles. The van der Waals surface area contributed by atoms with E-state index in [1.165, 1.54) is 4.90 Å². The molecule has 7 heteroatoms. The zero-order chi connectivity index (χ0) is 14.0. The fourth-order valence-corrected chi connectivity index (χ4v) is 2.09. The van der Waals surface area contributed by atoms with Gasteiger partial charge in [0, 0.05) is 22.3 Å². The quantitative estimate of drug-likeness (QED) is 0.789. The van der Waals surface area contributed by atoms with Gasteiger partial charge in [-0.1, -0.05) is 0 Å². The highest BCUT2D eigenvalue weighted by Crippen LogP contribution is 2.21. The Morgan fingerprint density at radius 1 is 1.47 bits per heavy atom. The van der Waals surface area contributed by atoms with Crippen LogP contribution in [0.4, 0.5) is 5.69 Å². The summed E-state index contributed by atoms with van der Waals surface area (Å²) >= 11 is 3.26. The van der Waals surface area contributed by atoms with Crippen LogP contribution >= 0.6 is 15.9 Å². The molecule has 1 amide bonds. The first-order valence-corrected chi connectivity index (χ1v) is 6.47. The second-order valence-electron chi connectivity index (χ2n) is 4.19. The van der Waals surface area contributed by atoms with Crippen LogP contribution < -0.4 is 5.73 Å². The molecule has 6 nitrogen and oxygen atoms in total. The maximum absolute atomic E-state index is 12.2. The van der Waals surface area contributed by atoms with Crippen molar-refractivity contribution in [2.75, 3.05) is 25.4 Å². The van der Waals surface area contributed by atoms with Crippen molar-refractivity contribution < 1.29 is 19.4 Å². The number of halogens is 1. The van der Waals surface area contributed by atoms with Gasteiger partial charge in [0.1, 0.15) is 0 Å². The summed E-state index contributed by atoms with van der Waals surface area (Å²) in [6.45, 7) is 0.636. The number of morpholine rings is 1. The molecule has 3 N–H and O–H groups in total. The van der Waals surface area contributed by atoms with Crippen LogP contribution in [0, 0.1) is 0 Å². The number of nitrogens with zero attached hydrogens (tertiary/aromatic N) is 1. The molecule has 102 valence electrons. The SMILES string of the molecule is Nc1cc(C(=O)N2CCOC(C(=O)O)C2)ccc1Br. The van der Waals surface area contributed by atoms with E-state index < -0.39 is 12.1 Å². The van der Waals surface area contributed by atoms with Crippen LogP contribution in [0.2, 0.25) is 0 Å². The number of nitrogens with two attached hydrogens (primary N) is 1. The highest BCUT2D eigenvalue weighted by Gasteiger charge is 2.29. The van der Waals surface area contributed by atoms with E-state index in [1.807, 2.05) is 0 Å². The van der Waals surface area contributed by atoms with Gasteiger partial charge in [-0.2, -0.15) is 0 Å². The van der Waals surface area contributed by atoms with Crippen molar-refractivity contribution >= 4 is 33.5 Å². The Bertz CT molecular complexity index is 520. The summed E-state index contributed by atoms with van der Waals surface area (Å²) in [5, 5.41) is 8.90. The Morgan fingerprint density at radius 3 is 2.84 bits per heavy atom. The number of hydrogen-bond acceptors (Lipinski definition) is 4. The van der Waals surface area contributed by atoms with E-state index in [2.05, 4.69) is 15.9 Å². The van der Waals surface area contributed by atoms with Crippen molar-refractivity contribution in [2.24, 2.45) is 0 Å². The molecule has 1 aliphatic heterocycles. The molecule has 0 radical (unpaired) electrons. The zero-order valence-corrected chi connectivity index (χ0v) is 11.6. The molecule has 0 bridgehead atoms. The first-order valence-electron chi connectivity index (χ1n) is 5.67. The number of rotatable bonds is 2. The average Bonchev–Trinajstić information content (AvgIpc) is 2.41. The number of carboxylic acid groups (broad SMARTS) is 1. The summed E-state index contributed by atoms with van der Waals surface area (Å²) in [5.74, 6) is -1.30. The highest BCUT2D eigenvalue weighted by atomic mass is 79.9. The average molecular weight is 329 g/mol. The van der Waals surface area contributed by atoms with E-state index in [1.54, 1.807) is 18.2 Å². The Hall–Kier alpha value is -1.60. The third kappa shape index (κ3) is 3.05. The second-order valence-corrected chi connectivity index (χ2v) is 5.04. The summed E-state index contributed by atoms with van der Waals surface area (Å²) in [7, 11) is 0. The van der Waals surface area contributed by atoms with E-state index in [9.17, 15) is 9.59 Å². The molecule has 0 aromatic heterocycles. The van der Waals surface area contributed by atoms with Gasteiger partial charge in [-0.15, -0.1) is 0 Å². The predicted molar refractivity (Wildman–Crippen MR) is 71.8 cm³/mol. The molecular weight excluding hydrogens is 316 g/mol. The molecule has 0 saturated carbocycles. The number of nitrogen functional groups attached to an aromatic ring is 1. The summed E-state index contributed by atoms with van der Waals surface area (Å²) in [6, 6.07) is 4.91. The highest BCUT2D eigenvalue weighted by molar-refractivity contribution is 9.10. The topological polar surface area (TPSA) is 92.9 Å². The van der Waals surface area contributed by atoms with Crippen LogP contribution in [0.25, 0.3) is 0 Å². The molecule has 0 spiro atoms. The van der Waals surface area contributed by atoms with Gasteiger partial charge in [-0.05, 0) is 34.1 Å². The Labute approximate surface area is 118 Å². The van der Waals surface area contributed by atoms with E-state index in [0.29, 0.717) is 17.8 Å². The van der Waals surface area contributed by atoms with Crippen LogP contribution in [0.1, 0.15) is 10.4 Å². The van der Waals surface area contributed by atoms with Crippen molar-refractivity contribution in [3.8, 4) is 0 Å². The number of carboxylic acids is 1. The van der Waals surface area contributed by atoms with Crippen LogP contribution in [0.5, 0.6) is 0 Å². The maximum atomic E-state index is 12.2. The van der Waals surface area contributed by atoms with Gasteiger partial charge < -0.3 is 20.5 Å². The fourth-order valence-electron chi connectivity index (χ4n) is 1.84. The largest absolute Gasteiger partial charge is 0.479 e. The van der Waals surface area contributed by atoms with Gasteiger partial charge >= 0.3 is 5.97 Å². The van der Waals surface area contributed by atoms with Crippen molar-refractivity contribution in [1.82, 2.24) is 4.90 Å². The van der Waals surface area contributed by atoms with E-state index in [0.717, 1.165) is 4.47 Å². The third-order valence-electron chi connectivity index (χ3n) is 2.87. The molecule has 1 atom stereocenters. The molecule has 2 rings (SSSR count). The summed E-state index contributed by atoms with van der Waals surface area (Å²) in [4.78, 5) is 24.6. The second kappa shape index (κ2) is 5.58. The zero-order valence-electron chi connectivity index (χ0n) is 10.0. The number of hydrogen-bond donors (Lipinski definition) is 2. The predicted octanol–water partition coefficient (Wildman–Crippen LogP) is 0.957. The van der Waals surface area contributed by atoms with Gasteiger partial charge in [-0.25, -0.2) is 4.79 Å². The fraction of sp³-hybridized carbons (Fsp3) is 0.333. The van der Waals surface area contributed by atoms with Crippen molar-refractivity contribution in [3.05, 3.63) is 28.2 Å². The molecule has 1 heterocycles. The molecule has 1 aromatic rings. The lowest BCUT2D eigenvalue weighted by Crippen LogP contribution is -2.48. The number of carbonyl (C=O) groups is 2. The minimum atomic E-state index is -1.06. The minimum absolute atomic E-state index is 0.0458. The van der Waals surface area contributed by atoms with Crippen LogP contribution in [0.3, 0.4) is 0 Å². The number of amides is 1. The van der Waals surface area contributed by atoms with Crippen molar-refractivity contribution in [2.45, 2.75) is 6.10 Å². The maximum Gasteiger partial charge on any atom is 0.334 e. The van der Waals surface area contributed by atoms with Crippen molar-refractivity contribution in [3.63, 3.8) is 0 Å². The molecule has 19 heavy (non-hydrogen) atoms. The summed E-state index contributed by atoms with van der Waals surface area (Å²) in [6.07, 6.45) is -0.967. The Kier molecular flexibility index (Phi) is 4.06. The molecule has 1 fully saturated rings. The lowest BCUT2D eigenvalue weighted by Gasteiger charge is -2.31. The van der Waals surface area contributed by atoms with Crippen molar-refractivity contribution in [1.29, 1.82) is 0 Å². The molecule has 1 aliphatic rings. The lowest BCUT2D eigenvalue weighted by atomic mass is 10.1. The molecular formula is C12H13BrN2O4. The number of ether oxygens (including phenoxy) is 1. The smallest absolute Gasteiger partial charge is 0.334 e. The molecule has 1 unspecified atom stereocenters. The number of carbonyl (C=O) groups excluding carboxylic acids is 1. The molecule has 1 saturated heterocycles. The molecule has 0 aliphatic carbocycles. The minimum Gasteiger partial charge on any atom is -0.479 e. The van der Waals surface area contributed by atoms with E-state index >= 15 is 0 Å². The summed E-state index contributed by atoms with van der Waals surface area (Å²) < 4.78 is 5.79. The number of aliphatic carboxylic acids is 1. The van der Waals surface area contributed by atoms with Gasteiger partial charge in [0.15, 0.2) is 6.10 Å². The summed E-state index contributed by atoms with van der Waals surface area (Å²) in [5.41, 5.74) is 6.63. The lowest BCUT2D eigenvalue weighted by molar-refractivity contribution is -0.154. The first kappa shape index (κ1) is 13.8. The third-order valence-corrected chi connectivity index (χ3v) is 3.59. The number of benzene rings is 1. The van der Waals surface area contributed by atoms with Gasteiger partial charge in [0.05, 0.1) is 13.2 Å². The van der Waals surface area contributed by atoms with Gasteiger partial charge in [0.25, 0.3) is 5.91 Å². The number of anilines is 1. The van der Waals surface area contributed by atoms with E-state index in [4.69, 9.17) is 15.6 Å². The monoisotopic (exact) mass is 328 g/mol. The van der Waals surface area contributed by atoms with Crippen LogP contribution in [-0.2, 0) is 9.53 Å². The van der Waals surface area contributed by atoms with Crippen LogP contribution in [0.15, 0.2) is 22.7 Å². The normalized spacial score (nSPS) is 19.2. The van der Waals surface area contributed by atoms with Crippen LogP contribution in [-0.4, -0.2) is 47.7 Å². The first-order chi connectivity index (χ1) is 8.99. The standard InChI is InChI=1S/C12H13BrN2O4/c13-8-2-1-7(5-9(8)14)11(16)15-3-4-19-10(6-15)12(17)18/h1-2,5,10H,3-4,6,14H2,(H,17,18). The Morgan fingerprint density at radius 2 is 2.21 bits per heavy atom. The van der Waals surface area contributed by atoms with E-state index in [-0.39, 0.29) is 19.1 Å².